The molecule has 0 aromatic carbocycles. The van der Waals surface area contributed by atoms with Crippen molar-refractivity contribution in [3.05, 3.63) is 0 Å². The largest absolute Gasteiger partial charge is 0.469 e. The Morgan fingerprint density at radius 1 is 0.857 bits per heavy atom. The molecule has 3 heteroatoms. The fraction of sp³-hybridized carbons (Fsp3) is 0.944. The number of hydrogen-bond acceptors (Lipinski definition) is 2. The number of methoxy groups -OCH3 is 1. The van der Waals surface area contributed by atoms with Crippen molar-refractivity contribution in [2.45, 2.75) is 102 Å². The van der Waals surface area contributed by atoms with E-state index < -0.39 is 0 Å². The Bertz CT molecular complexity index is 231. The lowest BCUT2D eigenvalue weighted by atomic mass is 10.0. The lowest BCUT2D eigenvalue weighted by Crippen LogP contribution is -1.99. The molecule has 126 valence electrons. The van der Waals surface area contributed by atoms with E-state index in [0.29, 0.717) is 11.8 Å². The van der Waals surface area contributed by atoms with E-state index in [4.69, 9.17) is 11.6 Å². The molecule has 0 radical (unpaired) electrons. The summed E-state index contributed by atoms with van der Waals surface area (Å²) >= 11 is 6.27. The topological polar surface area (TPSA) is 26.3 Å². The van der Waals surface area contributed by atoms with Gasteiger partial charge in [0.05, 0.1) is 7.11 Å². The van der Waals surface area contributed by atoms with Gasteiger partial charge in [0.1, 0.15) is 0 Å². The molecular weight excluding hydrogens is 284 g/mol. The summed E-state index contributed by atoms with van der Waals surface area (Å²) in [6, 6.07) is 0. The zero-order valence-corrected chi connectivity index (χ0v) is 14.9. The van der Waals surface area contributed by atoms with E-state index in [9.17, 15) is 4.79 Å². The van der Waals surface area contributed by atoms with Crippen molar-refractivity contribution < 1.29 is 9.53 Å². The quantitative estimate of drug-likeness (QED) is 0.203. The van der Waals surface area contributed by atoms with Crippen molar-refractivity contribution in [1.29, 1.82) is 0 Å². The molecule has 1 unspecified atom stereocenters. The third-order valence-electron chi connectivity index (χ3n) is 4.00. The van der Waals surface area contributed by atoms with Gasteiger partial charge in [-0.3, -0.25) is 4.79 Å². The van der Waals surface area contributed by atoms with Crippen LogP contribution in [0, 0.1) is 0 Å². The zero-order valence-electron chi connectivity index (χ0n) is 14.2. The van der Waals surface area contributed by atoms with Gasteiger partial charge in [0.2, 0.25) is 0 Å². The first kappa shape index (κ1) is 20.8. The smallest absolute Gasteiger partial charge is 0.305 e. The summed E-state index contributed by atoms with van der Waals surface area (Å²) < 4.78 is 4.62. The van der Waals surface area contributed by atoms with Gasteiger partial charge in [-0.05, 0) is 19.3 Å². The average Bonchev–Trinajstić information content (AvgIpc) is 2.50. The van der Waals surface area contributed by atoms with Gasteiger partial charge in [0, 0.05) is 11.8 Å². The second-order valence-electron chi connectivity index (χ2n) is 6.04. The van der Waals surface area contributed by atoms with Crippen LogP contribution in [0.3, 0.4) is 0 Å². The molecule has 0 aliphatic carbocycles. The van der Waals surface area contributed by atoms with Crippen LogP contribution in [0.2, 0.25) is 0 Å². The van der Waals surface area contributed by atoms with E-state index in [1.807, 2.05) is 0 Å². The molecule has 0 aromatic heterocycles. The second-order valence-corrected chi connectivity index (χ2v) is 6.65. The lowest BCUT2D eigenvalue weighted by Gasteiger charge is -2.08. The molecule has 0 bridgehead atoms. The number of halogens is 1. The van der Waals surface area contributed by atoms with Crippen LogP contribution in [0.15, 0.2) is 0 Å². The third kappa shape index (κ3) is 16.0. The lowest BCUT2D eigenvalue weighted by molar-refractivity contribution is -0.140. The van der Waals surface area contributed by atoms with Gasteiger partial charge < -0.3 is 4.74 Å². The maximum absolute atomic E-state index is 10.9. The van der Waals surface area contributed by atoms with Crippen LogP contribution in [0.25, 0.3) is 0 Å². The number of ether oxygens (including phenoxy) is 1. The first-order valence-electron chi connectivity index (χ1n) is 8.91. The predicted molar refractivity (Wildman–Crippen MR) is 92.0 cm³/mol. The highest BCUT2D eigenvalue weighted by Crippen LogP contribution is 2.17. The molecular formula is C18H35ClO2. The molecule has 0 aliphatic rings. The minimum Gasteiger partial charge on any atom is -0.469 e. The SMILES string of the molecule is CCCCC(Cl)CCCCCCCCCCCC(=O)OC. The Kier molecular flexibility index (Phi) is 16.0. The molecule has 0 N–H and O–H groups in total. The van der Waals surface area contributed by atoms with E-state index >= 15 is 0 Å². The highest BCUT2D eigenvalue weighted by molar-refractivity contribution is 6.20. The summed E-state index contributed by atoms with van der Waals surface area (Å²) in [5.74, 6) is -0.0773. The number of alkyl halides is 1. The zero-order chi connectivity index (χ0) is 15.8. The van der Waals surface area contributed by atoms with Crippen LogP contribution in [-0.4, -0.2) is 18.5 Å². The fourth-order valence-electron chi connectivity index (χ4n) is 2.54. The summed E-state index contributed by atoms with van der Waals surface area (Å²) in [5, 5.41) is 0.403. The van der Waals surface area contributed by atoms with Crippen LogP contribution in [0.4, 0.5) is 0 Å². The van der Waals surface area contributed by atoms with Gasteiger partial charge in [-0.2, -0.15) is 0 Å². The molecule has 0 saturated carbocycles. The molecule has 1 atom stereocenters. The van der Waals surface area contributed by atoms with Crippen LogP contribution in [0.5, 0.6) is 0 Å². The minimum absolute atomic E-state index is 0.0773. The van der Waals surface area contributed by atoms with E-state index in [-0.39, 0.29) is 5.97 Å². The summed E-state index contributed by atoms with van der Waals surface area (Å²) in [5.41, 5.74) is 0. The summed E-state index contributed by atoms with van der Waals surface area (Å²) in [4.78, 5) is 10.9. The van der Waals surface area contributed by atoms with E-state index in [1.54, 1.807) is 0 Å². The Balaban J connectivity index is 3.10. The number of hydrogen-bond donors (Lipinski definition) is 0. The maximum atomic E-state index is 10.9. The standard InChI is InChI=1S/C18H35ClO2/c1-3-4-14-17(19)15-12-10-8-6-5-7-9-11-13-16-18(20)21-2/h17H,3-16H2,1-2H3. The number of esters is 1. The van der Waals surface area contributed by atoms with Crippen molar-refractivity contribution in [1.82, 2.24) is 0 Å². The molecule has 0 aromatic rings. The van der Waals surface area contributed by atoms with Crippen LogP contribution >= 0.6 is 11.6 Å². The Morgan fingerprint density at radius 2 is 1.33 bits per heavy atom. The molecule has 0 heterocycles. The summed E-state index contributed by atoms with van der Waals surface area (Å²) in [6.45, 7) is 2.22. The molecule has 0 amide bonds. The molecule has 2 nitrogen and oxygen atoms in total. The first-order chi connectivity index (χ1) is 10.2. The Hall–Kier alpha value is -0.240. The van der Waals surface area contributed by atoms with Crippen molar-refractivity contribution in [3.63, 3.8) is 0 Å². The van der Waals surface area contributed by atoms with Crippen molar-refractivity contribution in [2.24, 2.45) is 0 Å². The van der Waals surface area contributed by atoms with Crippen LogP contribution in [-0.2, 0) is 9.53 Å². The van der Waals surface area contributed by atoms with Gasteiger partial charge in [-0.25, -0.2) is 0 Å². The van der Waals surface area contributed by atoms with Crippen molar-refractivity contribution in [2.75, 3.05) is 7.11 Å². The highest BCUT2D eigenvalue weighted by Gasteiger charge is 2.03. The van der Waals surface area contributed by atoms with Crippen molar-refractivity contribution >= 4 is 17.6 Å². The van der Waals surface area contributed by atoms with Crippen LogP contribution < -0.4 is 0 Å². The predicted octanol–water partition coefficient (Wildman–Crippen LogP) is 6.25. The van der Waals surface area contributed by atoms with Gasteiger partial charge in [-0.15, -0.1) is 11.6 Å². The number of carbonyl (C=O) groups is 1. The maximum Gasteiger partial charge on any atom is 0.305 e. The van der Waals surface area contributed by atoms with Crippen molar-refractivity contribution in [3.8, 4) is 0 Å². The summed E-state index contributed by atoms with van der Waals surface area (Å²) in [6.07, 6.45) is 16.8. The molecule has 0 spiro atoms. The van der Waals surface area contributed by atoms with Gasteiger partial charge >= 0.3 is 5.97 Å². The molecule has 0 saturated heterocycles. The second kappa shape index (κ2) is 16.1. The minimum atomic E-state index is -0.0773. The molecule has 0 rings (SSSR count). The normalized spacial score (nSPS) is 12.3. The number of rotatable bonds is 15. The van der Waals surface area contributed by atoms with E-state index in [2.05, 4.69) is 11.7 Å². The number of unbranched alkanes of at least 4 members (excludes halogenated alkanes) is 9. The average molecular weight is 319 g/mol. The van der Waals surface area contributed by atoms with Crippen LogP contribution in [0.1, 0.15) is 96.8 Å². The van der Waals surface area contributed by atoms with Gasteiger partial charge in [-0.1, -0.05) is 71.1 Å². The van der Waals surface area contributed by atoms with E-state index in [1.165, 1.54) is 77.7 Å². The number of carbonyl (C=O) groups excluding carboxylic acids is 1. The monoisotopic (exact) mass is 318 g/mol. The first-order valence-corrected chi connectivity index (χ1v) is 9.35. The molecule has 0 fully saturated rings. The van der Waals surface area contributed by atoms with Gasteiger partial charge in [0.25, 0.3) is 0 Å². The molecule has 0 aliphatic heterocycles. The van der Waals surface area contributed by atoms with E-state index in [0.717, 1.165) is 12.8 Å². The highest BCUT2D eigenvalue weighted by atomic mass is 35.5. The molecule has 21 heavy (non-hydrogen) atoms. The van der Waals surface area contributed by atoms with Gasteiger partial charge in [0.15, 0.2) is 0 Å². The fourth-order valence-corrected chi connectivity index (χ4v) is 2.85. The summed E-state index contributed by atoms with van der Waals surface area (Å²) in [7, 11) is 1.46. The Morgan fingerprint density at radius 3 is 1.86 bits per heavy atom. The third-order valence-corrected chi connectivity index (χ3v) is 4.43. The Labute approximate surface area is 137 Å².